The second kappa shape index (κ2) is 38.0. The van der Waals surface area contributed by atoms with Gasteiger partial charge in [0.05, 0.1) is 0 Å². The molecule has 0 bridgehead atoms. The van der Waals surface area contributed by atoms with Gasteiger partial charge in [-0.3, -0.25) is 0 Å². The SMILES string of the molecule is CCCCCCCCCCCCCCCCCCCCCCCCCCCCC(CO)CCCCCCCCCC. The third-order valence-corrected chi connectivity index (χ3v) is 9.69. The lowest BCUT2D eigenvalue weighted by atomic mass is 9.94. The number of aliphatic hydroxyl groups is 1. The van der Waals surface area contributed by atoms with Crippen LogP contribution in [0.3, 0.4) is 0 Å². The van der Waals surface area contributed by atoms with Gasteiger partial charge in [-0.05, 0) is 18.8 Å². The van der Waals surface area contributed by atoms with E-state index in [2.05, 4.69) is 13.8 Å². The smallest absolute Gasteiger partial charge is 0.0459 e. The zero-order chi connectivity index (χ0) is 29.7. The van der Waals surface area contributed by atoms with Crippen LogP contribution in [-0.2, 0) is 0 Å². The predicted molar refractivity (Wildman–Crippen MR) is 188 cm³/mol. The van der Waals surface area contributed by atoms with Gasteiger partial charge in [0.2, 0.25) is 0 Å². The van der Waals surface area contributed by atoms with Crippen molar-refractivity contribution in [1.82, 2.24) is 0 Å². The van der Waals surface area contributed by atoms with Crippen LogP contribution in [0, 0.1) is 5.92 Å². The molecule has 0 aromatic heterocycles. The molecule has 0 saturated heterocycles. The fraction of sp³-hybridized carbons (Fsp3) is 1.00. The van der Waals surface area contributed by atoms with Crippen molar-refractivity contribution >= 4 is 0 Å². The Bertz CT molecular complexity index is 433. The van der Waals surface area contributed by atoms with E-state index >= 15 is 0 Å². The molecule has 0 spiro atoms. The molecule has 0 heterocycles. The number of hydrogen-bond donors (Lipinski definition) is 1. The van der Waals surface area contributed by atoms with Crippen molar-refractivity contribution in [2.24, 2.45) is 5.92 Å². The predicted octanol–water partition coefficient (Wildman–Crippen LogP) is 14.7. The van der Waals surface area contributed by atoms with Crippen LogP contribution in [0.1, 0.15) is 245 Å². The minimum absolute atomic E-state index is 0.413. The fourth-order valence-corrected chi connectivity index (χ4v) is 6.64. The van der Waals surface area contributed by atoms with Gasteiger partial charge in [-0.1, -0.05) is 232 Å². The zero-order valence-corrected chi connectivity index (χ0v) is 29.2. The highest BCUT2D eigenvalue weighted by molar-refractivity contribution is 4.60. The molecular formula is C40H82O. The van der Waals surface area contributed by atoms with Gasteiger partial charge < -0.3 is 5.11 Å². The Morgan fingerprint density at radius 1 is 0.268 bits per heavy atom. The monoisotopic (exact) mass is 579 g/mol. The van der Waals surface area contributed by atoms with Gasteiger partial charge in [0.1, 0.15) is 0 Å². The van der Waals surface area contributed by atoms with Crippen molar-refractivity contribution in [3.8, 4) is 0 Å². The fourth-order valence-electron chi connectivity index (χ4n) is 6.64. The van der Waals surface area contributed by atoms with E-state index in [9.17, 15) is 5.11 Å². The maximum absolute atomic E-state index is 9.72. The van der Waals surface area contributed by atoms with Gasteiger partial charge in [0.15, 0.2) is 0 Å². The molecule has 0 aromatic rings. The molecule has 0 aromatic carbocycles. The Morgan fingerprint density at radius 3 is 0.610 bits per heavy atom. The van der Waals surface area contributed by atoms with Gasteiger partial charge in [0, 0.05) is 6.61 Å². The summed E-state index contributed by atoms with van der Waals surface area (Å²) in [5, 5.41) is 9.72. The van der Waals surface area contributed by atoms with Crippen LogP contribution in [-0.4, -0.2) is 11.7 Å². The number of rotatable bonds is 37. The summed E-state index contributed by atoms with van der Waals surface area (Å²) < 4.78 is 0. The van der Waals surface area contributed by atoms with Gasteiger partial charge in [-0.25, -0.2) is 0 Å². The molecule has 248 valence electrons. The summed E-state index contributed by atoms with van der Waals surface area (Å²) in [6, 6.07) is 0. The van der Waals surface area contributed by atoms with E-state index in [0.717, 1.165) is 0 Å². The molecule has 0 aliphatic heterocycles. The summed E-state index contributed by atoms with van der Waals surface area (Å²) in [6.07, 6.45) is 51.5. The second-order valence-corrected chi connectivity index (χ2v) is 13.9. The van der Waals surface area contributed by atoms with E-state index in [1.165, 1.54) is 231 Å². The van der Waals surface area contributed by atoms with E-state index in [-0.39, 0.29) is 0 Å². The van der Waals surface area contributed by atoms with Crippen molar-refractivity contribution in [2.75, 3.05) is 6.61 Å². The molecule has 1 atom stereocenters. The molecule has 41 heavy (non-hydrogen) atoms. The molecule has 0 radical (unpaired) electrons. The average Bonchev–Trinajstić information content (AvgIpc) is 2.99. The van der Waals surface area contributed by atoms with E-state index < -0.39 is 0 Å². The molecule has 0 aliphatic carbocycles. The Morgan fingerprint density at radius 2 is 0.439 bits per heavy atom. The highest BCUT2D eigenvalue weighted by Gasteiger charge is 2.07. The maximum Gasteiger partial charge on any atom is 0.0459 e. The molecule has 0 saturated carbocycles. The van der Waals surface area contributed by atoms with Crippen LogP contribution in [0.5, 0.6) is 0 Å². The van der Waals surface area contributed by atoms with E-state index in [1.807, 2.05) is 0 Å². The van der Waals surface area contributed by atoms with Gasteiger partial charge in [-0.2, -0.15) is 0 Å². The lowest BCUT2D eigenvalue weighted by molar-refractivity contribution is 0.204. The zero-order valence-electron chi connectivity index (χ0n) is 29.2. The summed E-state index contributed by atoms with van der Waals surface area (Å²) in [5.74, 6) is 0.574. The highest BCUT2D eigenvalue weighted by Crippen LogP contribution is 2.20. The topological polar surface area (TPSA) is 20.2 Å². The van der Waals surface area contributed by atoms with Crippen LogP contribution in [0.15, 0.2) is 0 Å². The van der Waals surface area contributed by atoms with Crippen LogP contribution < -0.4 is 0 Å². The third kappa shape index (κ3) is 36.1. The summed E-state index contributed by atoms with van der Waals surface area (Å²) >= 11 is 0. The quantitative estimate of drug-likeness (QED) is 0.0727. The molecule has 1 N–H and O–H groups in total. The van der Waals surface area contributed by atoms with Crippen molar-refractivity contribution in [3.63, 3.8) is 0 Å². The third-order valence-electron chi connectivity index (χ3n) is 9.69. The standard InChI is InChI=1S/C40H82O/c1-3-5-7-9-11-13-14-15-16-17-18-19-20-21-22-23-24-25-26-27-28-29-30-32-34-36-38-40(39-41)37-35-33-31-12-10-8-6-4-2/h40-41H,3-39H2,1-2H3. The minimum atomic E-state index is 0.413. The average molecular weight is 579 g/mol. The van der Waals surface area contributed by atoms with E-state index in [4.69, 9.17) is 0 Å². The van der Waals surface area contributed by atoms with Crippen LogP contribution in [0.2, 0.25) is 0 Å². The van der Waals surface area contributed by atoms with Crippen LogP contribution in [0.4, 0.5) is 0 Å². The first-order chi connectivity index (χ1) is 20.3. The minimum Gasteiger partial charge on any atom is -0.396 e. The molecule has 1 heteroatoms. The molecule has 0 fully saturated rings. The van der Waals surface area contributed by atoms with E-state index in [0.29, 0.717) is 12.5 Å². The van der Waals surface area contributed by atoms with Crippen molar-refractivity contribution in [3.05, 3.63) is 0 Å². The van der Waals surface area contributed by atoms with Crippen molar-refractivity contribution in [1.29, 1.82) is 0 Å². The van der Waals surface area contributed by atoms with E-state index in [1.54, 1.807) is 0 Å². The Balaban J connectivity index is 3.17. The van der Waals surface area contributed by atoms with Crippen molar-refractivity contribution < 1.29 is 5.11 Å². The largest absolute Gasteiger partial charge is 0.396 e. The molecular weight excluding hydrogens is 496 g/mol. The van der Waals surface area contributed by atoms with Crippen molar-refractivity contribution in [2.45, 2.75) is 245 Å². The maximum atomic E-state index is 9.72. The molecule has 0 amide bonds. The second-order valence-electron chi connectivity index (χ2n) is 13.9. The molecule has 1 nitrogen and oxygen atoms in total. The van der Waals surface area contributed by atoms with Gasteiger partial charge in [-0.15, -0.1) is 0 Å². The lowest BCUT2D eigenvalue weighted by Gasteiger charge is -2.13. The normalized spacial score (nSPS) is 12.4. The summed E-state index contributed by atoms with van der Waals surface area (Å²) in [7, 11) is 0. The molecule has 0 aliphatic rings. The van der Waals surface area contributed by atoms with Crippen LogP contribution >= 0.6 is 0 Å². The first-order valence-corrected chi connectivity index (χ1v) is 20.0. The first kappa shape index (κ1) is 41.0. The summed E-state index contributed by atoms with van der Waals surface area (Å²) in [5.41, 5.74) is 0. The van der Waals surface area contributed by atoms with Gasteiger partial charge in [0.25, 0.3) is 0 Å². The Kier molecular flexibility index (Phi) is 37.9. The number of hydrogen-bond acceptors (Lipinski definition) is 1. The number of unbranched alkanes of at least 4 members (excludes halogenated alkanes) is 32. The highest BCUT2D eigenvalue weighted by atomic mass is 16.3. The Hall–Kier alpha value is -0.0400. The first-order valence-electron chi connectivity index (χ1n) is 20.0. The lowest BCUT2D eigenvalue weighted by Crippen LogP contribution is -2.06. The van der Waals surface area contributed by atoms with Crippen LogP contribution in [0.25, 0.3) is 0 Å². The summed E-state index contributed by atoms with van der Waals surface area (Å²) in [6.45, 7) is 5.01. The number of aliphatic hydroxyl groups excluding tert-OH is 1. The van der Waals surface area contributed by atoms with Gasteiger partial charge >= 0.3 is 0 Å². The molecule has 1 unspecified atom stereocenters. The summed E-state index contributed by atoms with van der Waals surface area (Å²) in [4.78, 5) is 0. The Labute approximate surface area is 262 Å². The molecule has 0 rings (SSSR count).